The second-order valence-corrected chi connectivity index (χ2v) is 5.87. The fourth-order valence-corrected chi connectivity index (χ4v) is 2.78. The summed E-state index contributed by atoms with van der Waals surface area (Å²) in [4.78, 5) is 0. The third-order valence-corrected chi connectivity index (χ3v) is 4.29. The molecule has 1 aromatic carbocycles. The van der Waals surface area contributed by atoms with Crippen LogP contribution in [0.5, 0.6) is 0 Å². The number of ether oxygens (including phenoxy) is 1. The molecule has 2 rings (SSSR count). The van der Waals surface area contributed by atoms with E-state index in [1.807, 2.05) is 6.07 Å². The number of rotatable bonds is 4. The summed E-state index contributed by atoms with van der Waals surface area (Å²) in [6.07, 6.45) is 3.77. The van der Waals surface area contributed by atoms with Crippen LogP contribution < -0.4 is 5.73 Å². The monoisotopic (exact) mass is 265 g/mol. The maximum Gasteiger partial charge on any atom is 0.123 e. The zero-order valence-electron chi connectivity index (χ0n) is 11.9. The van der Waals surface area contributed by atoms with Gasteiger partial charge in [0.25, 0.3) is 0 Å². The van der Waals surface area contributed by atoms with Gasteiger partial charge in [0.2, 0.25) is 0 Å². The molecule has 1 fully saturated rings. The third-order valence-electron chi connectivity index (χ3n) is 4.29. The molecule has 1 saturated carbocycles. The van der Waals surface area contributed by atoms with Crippen LogP contribution in [0.4, 0.5) is 4.39 Å². The summed E-state index contributed by atoms with van der Waals surface area (Å²) in [5.74, 6) is 1.27. The highest BCUT2D eigenvalue weighted by atomic mass is 19.1. The maximum atomic E-state index is 13.4. The van der Waals surface area contributed by atoms with E-state index in [1.165, 1.54) is 18.6 Å². The van der Waals surface area contributed by atoms with E-state index in [0.29, 0.717) is 25.2 Å². The Kier molecular flexibility index (Phi) is 4.94. The van der Waals surface area contributed by atoms with Crippen molar-refractivity contribution in [1.82, 2.24) is 0 Å². The Morgan fingerprint density at radius 1 is 1.16 bits per heavy atom. The van der Waals surface area contributed by atoms with E-state index in [2.05, 4.69) is 13.8 Å². The van der Waals surface area contributed by atoms with Gasteiger partial charge in [-0.25, -0.2) is 4.39 Å². The minimum Gasteiger partial charge on any atom is -0.374 e. The van der Waals surface area contributed by atoms with E-state index in [4.69, 9.17) is 10.5 Å². The molecule has 0 heterocycles. The minimum absolute atomic E-state index is 0.229. The van der Waals surface area contributed by atoms with Crippen LogP contribution in [0.1, 0.15) is 44.2 Å². The topological polar surface area (TPSA) is 35.2 Å². The summed E-state index contributed by atoms with van der Waals surface area (Å²) >= 11 is 0. The number of hydrogen-bond donors (Lipinski definition) is 1. The second kappa shape index (κ2) is 6.49. The van der Waals surface area contributed by atoms with Crippen LogP contribution in [0.25, 0.3) is 0 Å². The lowest BCUT2D eigenvalue weighted by atomic mass is 9.80. The van der Waals surface area contributed by atoms with Gasteiger partial charge >= 0.3 is 0 Å². The number of nitrogens with two attached hydrogens (primary N) is 1. The lowest BCUT2D eigenvalue weighted by Gasteiger charge is -2.32. The van der Waals surface area contributed by atoms with Crippen LogP contribution in [0.2, 0.25) is 0 Å². The molecule has 0 aliphatic heterocycles. The van der Waals surface area contributed by atoms with E-state index in [9.17, 15) is 4.39 Å². The lowest BCUT2D eigenvalue weighted by Crippen LogP contribution is -2.26. The molecular weight excluding hydrogens is 241 g/mol. The van der Waals surface area contributed by atoms with Crippen molar-refractivity contribution >= 4 is 0 Å². The molecule has 2 N–H and O–H groups in total. The Hall–Kier alpha value is -0.930. The molecule has 0 amide bonds. The molecule has 19 heavy (non-hydrogen) atoms. The van der Waals surface area contributed by atoms with Crippen molar-refractivity contribution in [2.45, 2.75) is 52.4 Å². The van der Waals surface area contributed by atoms with Gasteiger partial charge in [-0.1, -0.05) is 19.9 Å². The summed E-state index contributed by atoms with van der Waals surface area (Å²) in [5, 5.41) is 0. The van der Waals surface area contributed by atoms with Gasteiger partial charge in [-0.05, 0) is 54.4 Å². The van der Waals surface area contributed by atoms with Gasteiger partial charge in [0.05, 0.1) is 12.7 Å². The van der Waals surface area contributed by atoms with Gasteiger partial charge in [-0.3, -0.25) is 0 Å². The zero-order chi connectivity index (χ0) is 13.8. The average Bonchev–Trinajstić information content (AvgIpc) is 2.39. The first-order valence-electron chi connectivity index (χ1n) is 7.18. The summed E-state index contributed by atoms with van der Waals surface area (Å²) in [5.41, 5.74) is 7.26. The predicted molar refractivity (Wildman–Crippen MR) is 75.0 cm³/mol. The van der Waals surface area contributed by atoms with Gasteiger partial charge in [-0.15, -0.1) is 0 Å². The first kappa shape index (κ1) is 14.5. The smallest absolute Gasteiger partial charge is 0.123 e. The quantitative estimate of drug-likeness (QED) is 0.902. The Balaban J connectivity index is 1.90. The Labute approximate surface area is 115 Å². The molecule has 3 unspecified atom stereocenters. The van der Waals surface area contributed by atoms with Crippen molar-refractivity contribution in [3.05, 3.63) is 35.1 Å². The largest absolute Gasteiger partial charge is 0.374 e. The third kappa shape index (κ3) is 4.02. The predicted octanol–water partition coefficient (Wildman–Crippen LogP) is 3.63. The Morgan fingerprint density at radius 2 is 1.89 bits per heavy atom. The van der Waals surface area contributed by atoms with Crippen LogP contribution in [0.15, 0.2) is 18.2 Å². The van der Waals surface area contributed by atoms with Crippen molar-refractivity contribution in [3.63, 3.8) is 0 Å². The molecule has 0 radical (unpaired) electrons. The number of hydrogen-bond acceptors (Lipinski definition) is 2. The second-order valence-electron chi connectivity index (χ2n) is 5.87. The highest BCUT2D eigenvalue weighted by Gasteiger charge is 2.24. The molecule has 1 aliphatic rings. The van der Waals surface area contributed by atoms with Gasteiger partial charge in [-0.2, -0.15) is 0 Å². The van der Waals surface area contributed by atoms with Crippen molar-refractivity contribution in [1.29, 1.82) is 0 Å². The molecule has 0 aromatic heterocycles. The minimum atomic E-state index is -0.229. The first-order chi connectivity index (χ1) is 9.08. The van der Waals surface area contributed by atoms with Crippen molar-refractivity contribution < 1.29 is 9.13 Å². The fourth-order valence-electron chi connectivity index (χ4n) is 2.78. The molecule has 3 atom stereocenters. The van der Waals surface area contributed by atoms with Crippen molar-refractivity contribution in [3.8, 4) is 0 Å². The maximum absolute atomic E-state index is 13.4. The SMILES string of the molecule is CC1CCC(OCc2cc(F)cc(CN)c2)CC1C. The van der Waals surface area contributed by atoms with Crippen LogP contribution in [0, 0.1) is 17.7 Å². The molecule has 1 aliphatic carbocycles. The molecule has 0 spiro atoms. The zero-order valence-corrected chi connectivity index (χ0v) is 11.9. The van der Waals surface area contributed by atoms with Crippen LogP contribution in [-0.4, -0.2) is 6.10 Å². The molecule has 1 aromatic rings. The lowest BCUT2D eigenvalue weighted by molar-refractivity contribution is -0.00755. The van der Waals surface area contributed by atoms with E-state index in [1.54, 1.807) is 0 Å². The van der Waals surface area contributed by atoms with Crippen LogP contribution >= 0.6 is 0 Å². The fraction of sp³-hybridized carbons (Fsp3) is 0.625. The Morgan fingerprint density at radius 3 is 2.58 bits per heavy atom. The summed E-state index contributed by atoms with van der Waals surface area (Å²) in [7, 11) is 0. The summed E-state index contributed by atoms with van der Waals surface area (Å²) in [6.45, 7) is 5.44. The summed E-state index contributed by atoms with van der Waals surface area (Å²) in [6, 6.07) is 4.94. The Bertz CT molecular complexity index is 421. The van der Waals surface area contributed by atoms with Gasteiger partial charge in [0.15, 0.2) is 0 Å². The molecule has 2 nitrogen and oxygen atoms in total. The van der Waals surface area contributed by atoms with E-state index >= 15 is 0 Å². The molecular formula is C16H24FNO. The summed E-state index contributed by atoms with van der Waals surface area (Å²) < 4.78 is 19.3. The van der Waals surface area contributed by atoms with Crippen LogP contribution in [-0.2, 0) is 17.9 Å². The highest BCUT2D eigenvalue weighted by molar-refractivity contribution is 5.24. The van der Waals surface area contributed by atoms with E-state index in [0.717, 1.165) is 29.9 Å². The molecule has 3 heteroatoms. The molecule has 106 valence electrons. The standard InChI is InChI=1S/C16H24FNO/c1-11-3-4-16(5-12(11)2)19-10-14-6-13(9-18)7-15(17)8-14/h6-8,11-12,16H,3-5,9-10,18H2,1-2H3. The normalized spacial score (nSPS) is 27.5. The van der Waals surface area contributed by atoms with Crippen LogP contribution in [0.3, 0.4) is 0 Å². The number of halogens is 1. The average molecular weight is 265 g/mol. The highest BCUT2D eigenvalue weighted by Crippen LogP contribution is 2.31. The van der Waals surface area contributed by atoms with Gasteiger partial charge < -0.3 is 10.5 Å². The number of benzene rings is 1. The molecule has 0 bridgehead atoms. The van der Waals surface area contributed by atoms with E-state index < -0.39 is 0 Å². The van der Waals surface area contributed by atoms with E-state index in [-0.39, 0.29) is 5.82 Å². The van der Waals surface area contributed by atoms with Crippen molar-refractivity contribution in [2.75, 3.05) is 0 Å². The first-order valence-corrected chi connectivity index (χ1v) is 7.18. The van der Waals surface area contributed by atoms with Gasteiger partial charge in [0.1, 0.15) is 5.82 Å². The van der Waals surface area contributed by atoms with Crippen molar-refractivity contribution in [2.24, 2.45) is 17.6 Å². The van der Waals surface area contributed by atoms with Gasteiger partial charge in [0, 0.05) is 6.54 Å². The molecule has 0 saturated heterocycles.